The summed E-state index contributed by atoms with van der Waals surface area (Å²) in [5, 5.41) is 8.58. The van der Waals surface area contributed by atoms with E-state index in [1.165, 1.54) is 5.56 Å². The number of fused-ring (bicyclic) bond motifs is 1. The van der Waals surface area contributed by atoms with Crippen LogP contribution in [0.25, 0.3) is 22.3 Å². The molecule has 0 spiro atoms. The zero-order valence-electron chi connectivity index (χ0n) is 18.1. The van der Waals surface area contributed by atoms with Gasteiger partial charge in [-0.1, -0.05) is 23.4 Å². The summed E-state index contributed by atoms with van der Waals surface area (Å²) in [6, 6.07) is 14.4. The van der Waals surface area contributed by atoms with E-state index in [0.717, 1.165) is 48.2 Å². The van der Waals surface area contributed by atoms with E-state index in [-0.39, 0.29) is 6.04 Å². The van der Waals surface area contributed by atoms with Gasteiger partial charge in [0.25, 0.3) is 0 Å². The van der Waals surface area contributed by atoms with Gasteiger partial charge in [-0.2, -0.15) is 4.98 Å². The maximum atomic E-state index is 5.67. The number of likely N-dealkylation sites (tertiary alicyclic amines) is 1. The Balaban J connectivity index is 1.28. The summed E-state index contributed by atoms with van der Waals surface area (Å²) in [7, 11) is 1.68. The summed E-state index contributed by atoms with van der Waals surface area (Å²) < 4.78 is 10.7. The molecule has 1 fully saturated rings. The molecule has 1 aromatic carbocycles. The number of nitrogens with one attached hydrogen (secondary N) is 1. The quantitative estimate of drug-likeness (QED) is 0.419. The van der Waals surface area contributed by atoms with Crippen LogP contribution in [0.1, 0.15) is 30.3 Å². The first-order chi connectivity index (χ1) is 15.8. The van der Waals surface area contributed by atoms with Crippen molar-refractivity contribution < 1.29 is 9.26 Å². The maximum absolute atomic E-state index is 5.67. The van der Waals surface area contributed by atoms with Crippen molar-refractivity contribution in [3.63, 3.8) is 0 Å². The van der Waals surface area contributed by atoms with E-state index in [9.17, 15) is 0 Å². The molecule has 164 valence electrons. The first-order valence-electron chi connectivity index (χ1n) is 10.9. The fraction of sp³-hybridized carbons (Fsp3) is 0.333. The van der Waals surface area contributed by atoms with Gasteiger partial charge >= 0.3 is 0 Å². The van der Waals surface area contributed by atoms with Crippen LogP contribution < -0.4 is 5.32 Å². The van der Waals surface area contributed by atoms with Crippen LogP contribution in [0.4, 0.5) is 5.82 Å². The molecule has 8 nitrogen and oxygen atoms in total. The molecule has 32 heavy (non-hydrogen) atoms. The molecule has 8 heteroatoms. The molecule has 0 saturated carbocycles. The van der Waals surface area contributed by atoms with Crippen molar-refractivity contribution in [2.75, 3.05) is 32.1 Å². The van der Waals surface area contributed by atoms with Crippen molar-refractivity contribution in [3.8, 4) is 11.4 Å². The van der Waals surface area contributed by atoms with Gasteiger partial charge in [0.2, 0.25) is 11.7 Å². The lowest BCUT2D eigenvalue weighted by atomic mass is 10.1. The molecule has 1 aliphatic rings. The summed E-state index contributed by atoms with van der Waals surface area (Å²) in [5.74, 6) is 2.02. The largest absolute Gasteiger partial charge is 0.383 e. The van der Waals surface area contributed by atoms with Crippen molar-refractivity contribution in [1.82, 2.24) is 25.0 Å². The van der Waals surface area contributed by atoms with E-state index in [4.69, 9.17) is 14.2 Å². The number of anilines is 1. The van der Waals surface area contributed by atoms with Crippen LogP contribution in [0, 0.1) is 0 Å². The topological polar surface area (TPSA) is 89.2 Å². The second-order valence-corrected chi connectivity index (χ2v) is 7.97. The summed E-state index contributed by atoms with van der Waals surface area (Å²) in [6.07, 6.45) is 5.83. The molecule has 5 rings (SSSR count). The van der Waals surface area contributed by atoms with Gasteiger partial charge in [-0.15, -0.1) is 0 Å². The minimum absolute atomic E-state index is 0.116. The second-order valence-electron chi connectivity index (χ2n) is 7.97. The van der Waals surface area contributed by atoms with Crippen molar-refractivity contribution in [1.29, 1.82) is 0 Å². The third kappa shape index (κ3) is 4.46. The standard InChI is InChI=1S/C24H26N6O2/c1-31-12-10-25-22-9-8-19(15-27-22)23-28-24(32-29-23)21-7-4-11-30(21)16-17-13-18-5-2-3-6-20(18)26-14-17/h2-3,5-6,8-9,13-15,21H,4,7,10-12,16H2,1H3,(H,25,27). The molecule has 1 atom stereocenters. The van der Waals surface area contributed by atoms with E-state index in [1.54, 1.807) is 13.3 Å². The first kappa shape index (κ1) is 20.5. The first-order valence-corrected chi connectivity index (χ1v) is 10.9. The van der Waals surface area contributed by atoms with Gasteiger partial charge in [-0.05, 0) is 49.2 Å². The number of methoxy groups -OCH3 is 1. The Morgan fingerprint density at radius 3 is 2.97 bits per heavy atom. The number of pyridine rings is 2. The highest BCUT2D eigenvalue weighted by Crippen LogP contribution is 2.33. The van der Waals surface area contributed by atoms with Crippen LogP contribution in [0.2, 0.25) is 0 Å². The van der Waals surface area contributed by atoms with Gasteiger partial charge in [-0.25, -0.2) is 4.98 Å². The average Bonchev–Trinajstić information content (AvgIpc) is 3.49. The SMILES string of the molecule is COCCNc1ccc(-c2noc(C3CCCN3Cc3cnc4ccccc4c3)n2)cn1. The molecule has 3 aromatic heterocycles. The van der Waals surface area contributed by atoms with Crippen molar-refractivity contribution in [2.24, 2.45) is 0 Å². The number of nitrogens with zero attached hydrogens (tertiary/aromatic N) is 5. The number of aromatic nitrogens is 4. The minimum atomic E-state index is 0.116. The van der Waals surface area contributed by atoms with Crippen LogP contribution in [0.5, 0.6) is 0 Å². The van der Waals surface area contributed by atoms with Crippen LogP contribution in [-0.4, -0.2) is 51.8 Å². The lowest BCUT2D eigenvalue weighted by molar-refractivity contribution is 0.201. The average molecular weight is 431 g/mol. The zero-order valence-corrected chi connectivity index (χ0v) is 18.1. The zero-order chi connectivity index (χ0) is 21.8. The van der Waals surface area contributed by atoms with Crippen LogP contribution in [-0.2, 0) is 11.3 Å². The molecule has 4 heterocycles. The van der Waals surface area contributed by atoms with E-state index in [2.05, 4.69) is 37.5 Å². The summed E-state index contributed by atoms with van der Waals surface area (Å²) >= 11 is 0. The number of hydrogen-bond acceptors (Lipinski definition) is 8. The lowest BCUT2D eigenvalue weighted by Gasteiger charge is -2.21. The third-order valence-electron chi connectivity index (χ3n) is 5.76. The van der Waals surface area contributed by atoms with Gasteiger partial charge in [0, 0.05) is 43.5 Å². The van der Waals surface area contributed by atoms with E-state index < -0.39 is 0 Å². The Labute approximate surface area is 186 Å². The molecule has 0 bridgehead atoms. The fourth-order valence-electron chi connectivity index (χ4n) is 4.13. The van der Waals surface area contributed by atoms with Crippen molar-refractivity contribution in [3.05, 3.63) is 66.3 Å². The lowest BCUT2D eigenvalue weighted by Crippen LogP contribution is -2.23. The molecule has 0 aliphatic carbocycles. The van der Waals surface area contributed by atoms with Gasteiger partial charge < -0.3 is 14.6 Å². The van der Waals surface area contributed by atoms with Gasteiger partial charge in [0.1, 0.15) is 5.82 Å². The van der Waals surface area contributed by atoms with Crippen LogP contribution in [0.15, 0.2) is 59.4 Å². The summed E-state index contributed by atoms with van der Waals surface area (Å²) in [6.45, 7) is 3.15. The molecular formula is C24H26N6O2. The smallest absolute Gasteiger partial charge is 0.244 e. The fourth-order valence-corrected chi connectivity index (χ4v) is 4.13. The molecule has 1 unspecified atom stereocenters. The van der Waals surface area contributed by atoms with Gasteiger partial charge in [0.05, 0.1) is 18.2 Å². The predicted molar refractivity (Wildman–Crippen MR) is 122 cm³/mol. The van der Waals surface area contributed by atoms with Crippen molar-refractivity contribution >= 4 is 16.7 Å². The number of benzene rings is 1. The highest BCUT2D eigenvalue weighted by molar-refractivity contribution is 5.78. The summed E-state index contributed by atoms with van der Waals surface area (Å²) in [4.78, 5) is 16.1. The Bertz CT molecular complexity index is 1180. The second kappa shape index (κ2) is 9.42. The Morgan fingerprint density at radius 1 is 1.16 bits per heavy atom. The van der Waals surface area contributed by atoms with Crippen LogP contribution >= 0.6 is 0 Å². The van der Waals surface area contributed by atoms with E-state index in [1.807, 2.05) is 36.5 Å². The van der Waals surface area contributed by atoms with Gasteiger partial charge in [0.15, 0.2) is 0 Å². The molecule has 1 saturated heterocycles. The maximum Gasteiger partial charge on any atom is 0.244 e. The highest BCUT2D eigenvalue weighted by atomic mass is 16.5. The number of hydrogen-bond donors (Lipinski definition) is 1. The third-order valence-corrected chi connectivity index (χ3v) is 5.76. The molecule has 1 N–H and O–H groups in total. The molecule has 4 aromatic rings. The van der Waals surface area contributed by atoms with E-state index in [0.29, 0.717) is 24.9 Å². The van der Waals surface area contributed by atoms with Gasteiger partial charge in [-0.3, -0.25) is 9.88 Å². The Hall–Kier alpha value is -3.36. The Kier molecular flexibility index (Phi) is 6.04. The number of rotatable bonds is 8. The molecule has 1 aliphatic heterocycles. The number of ether oxygens (including phenoxy) is 1. The van der Waals surface area contributed by atoms with E-state index >= 15 is 0 Å². The Morgan fingerprint density at radius 2 is 2.09 bits per heavy atom. The monoisotopic (exact) mass is 430 g/mol. The predicted octanol–water partition coefficient (Wildman–Crippen LogP) is 4.08. The normalized spacial score (nSPS) is 16.6. The molecule has 0 amide bonds. The highest BCUT2D eigenvalue weighted by Gasteiger charge is 2.31. The summed E-state index contributed by atoms with van der Waals surface area (Å²) in [5.41, 5.74) is 3.04. The van der Waals surface area contributed by atoms with Crippen molar-refractivity contribution in [2.45, 2.75) is 25.4 Å². The molecular weight excluding hydrogens is 404 g/mol. The number of para-hydroxylation sites is 1. The van der Waals surface area contributed by atoms with Crippen LogP contribution in [0.3, 0.4) is 0 Å². The minimum Gasteiger partial charge on any atom is -0.383 e. The molecule has 0 radical (unpaired) electrons.